The third-order valence-electron chi connectivity index (χ3n) is 1.95. The van der Waals surface area contributed by atoms with Gasteiger partial charge in [0.2, 0.25) is 0 Å². The van der Waals surface area contributed by atoms with Crippen LogP contribution in [0.3, 0.4) is 0 Å². The topological polar surface area (TPSA) is 49.9 Å². The molecule has 0 aromatic rings. The molecule has 0 aliphatic heterocycles. The minimum absolute atomic E-state index is 0.110. The van der Waals surface area contributed by atoms with E-state index in [4.69, 9.17) is 11.1 Å². The van der Waals surface area contributed by atoms with Crippen LogP contribution in [0.15, 0.2) is 0 Å². The zero-order valence-electron chi connectivity index (χ0n) is 8.31. The zero-order valence-corrected chi connectivity index (χ0v) is 9.13. The largest absolute Gasteiger partial charge is 0.387 e. The Hall–Kier alpha value is -0.180. The quantitative estimate of drug-likeness (QED) is 0.382. The molecule has 0 bridgehead atoms. The molecule has 3 N–H and O–H groups in total. The summed E-state index contributed by atoms with van der Waals surface area (Å²) in [4.78, 5) is 0. The van der Waals surface area contributed by atoms with E-state index in [9.17, 15) is 0 Å². The monoisotopic (exact) mass is 188 g/mol. The maximum atomic E-state index is 7.35. The summed E-state index contributed by atoms with van der Waals surface area (Å²) >= 11 is 1.95. The molecule has 0 amide bonds. The SMILES string of the molecule is CCCSCCC(C)(C)C(=N)N. The Labute approximate surface area is 79.8 Å². The van der Waals surface area contributed by atoms with Crippen molar-refractivity contribution in [1.29, 1.82) is 5.41 Å². The van der Waals surface area contributed by atoms with Crippen molar-refractivity contribution in [2.45, 2.75) is 33.6 Å². The fraction of sp³-hybridized carbons (Fsp3) is 0.889. The molecule has 72 valence electrons. The van der Waals surface area contributed by atoms with Crippen LogP contribution in [0, 0.1) is 10.8 Å². The highest BCUT2D eigenvalue weighted by Crippen LogP contribution is 2.22. The highest BCUT2D eigenvalue weighted by Gasteiger charge is 2.20. The molecular weight excluding hydrogens is 168 g/mol. The molecule has 0 saturated carbocycles. The smallest absolute Gasteiger partial charge is 0.0963 e. The third kappa shape index (κ3) is 4.65. The van der Waals surface area contributed by atoms with Gasteiger partial charge in [-0.3, -0.25) is 5.41 Å². The number of hydrogen-bond donors (Lipinski definition) is 2. The molecule has 0 aromatic carbocycles. The number of hydrogen-bond acceptors (Lipinski definition) is 2. The van der Waals surface area contributed by atoms with Gasteiger partial charge in [-0.15, -0.1) is 0 Å². The summed E-state index contributed by atoms with van der Waals surface area (Å²) in [6.45, 7) is 6.24. The van der Waals surface area contributed by atoms with Gasteiger partial charge in [0.1, 0.15) is 0 Å². The van der Waals surface area contributed by atoms with E-state index < -0.39 is 0 Å². The van der Waals surface area contributed by atoms with Crippen molar-refractivity contribution in [2.24, 2.45) is 11.1 Å². The predicted molar refractivity (Wildman–Crippen MR) is 57.9 cm³/mol. The van der Waals surface area contributed by atoms with Gasteiger partial charge >= 0.3 is 0 Å². The van der Waals surface area contributed by atoms with Gasteiger partial charge in [-0.2, -0.15) is 11.8 Å². The molecule has 3 heteroatoms. The molecule has 0 radical (unpaired) electrons. The van der Waals surface area contributed by atoms with Gasteiger partial charge < -0.3 is 5.73 Å². The summed E-state index contributed by atoms with van der Waals surface area (Å²) < 4.78 is 0. The number of thioether (sulfide) groups is 1. The fourth-order valence-corrected chi connectivity index (χ4v) is 1.86. The Morgan fingerprint density at radius 1 is 1.42 bits per heavy atom. The fourth-order valence-electron chi connectivity index (χ4n) is 0.708. The molecule has 12 heavy (non-hydrogen) atoms. The Bertz CT molecular complexity index is 143. The second-order valence-electron chi connectivity index (χ2n) is 3.66. The lowest BCUT2D eigenvalue weighted by molar-refractivity contribution is 0.500. The maximum absolute atomic E-state index is 7.35. The zero-order chi connectivity index (χ0) is 9.61. The average Bonchev–Trinajstić information content (AvgIpc) is 1.98. The van der Waals surface area contributed by atoms with Crippen molar-refractivity contribution in [1.82, 2.24) is 0 Å². The van der Waals surface area contributed by atoms with Gasteiger partial charge in [0.25, 0.3) is 0 Å². The van der Waals surface area contributed by atoms with E-state index in [-0.39, 0.29) is 5.41 Å². The maximum Gasteiger partial charge on any atom is 0.0963 e. The van der Waals surface area contributed by atoms with Crippen LogP contribution >= 0.6 is 11.8 Å². The van der Waals surface area contributed by atoms with E-state index in [2.05, 4.69) is 6.92 Å². The minimum atomic E-state index is -0.110. The van der Waals surface area contributed by atoms with Crippen LogP contribution in [0.2, 0.25) is 0 Å². The first-order valence-corrected chi connectivity index (χ1v) is 5.58. The van der Waals surface area contributed by atoms with E-state index in [1.54, 1.807) is 0 Å². The molecule has 0 rings (SSSR count). The van der Waals surface area contributed by atoms with Crippen LogP contribution in [0.25, 0.3) is 0 Å². The summed E-state index contributed by atoms with van der Waals surface area (Å²) in [5, 5.41) is 7.35. The lowest BCUT2D eigenvalue weighted by Crippen LogP contribution is -2.31. The molecule has 0 aliphatic rings. The predicted octanol–water partition coefficient (Wildman–Crippen LogP) is 2.48. The van der Waals surface area contributed by atoms with E-state index in [0.29, 0.717) is 5.84 Å². The number of nitrogens with one attached hydrogen (secondary N) is 1. The van der Waals surface area contributed by atoms with E-state index >= 15 is 0 Å². The van der Waals surface area contributed by atoms with Gasteiger partial charge in [0.15, 0.2) is 0 Å². The van der Waals surface area contributed by atoms with Crippen molar-refractivity contribution >= 4 is 17.6 Å². The molecular formula is C9H20N2S. The molecule has 0 heterocycles. The molecule has 0 aliphatic carbocycles. The second kappa shape index (κ2) is 5.46. The molecule has 2 nitrogen and oxygen atoms in total. The second-order valence-corrected chi connectivity index (χ2v) is 4.88. The first-order valence-electron chi connectivity index (χ1n) is 4.43. The Balaban J connectivity index is 3.54. The first-order chi connectivity index (χ1) is 5.50. The summed E-state index contributed by atoms with van der Waals surface area (Å²) in [6.07, 6.45) is 2.23. The van der Waals surface area contributed by atoms with Crippen LogP contribution in [0.4, 0.5) is 0 Å². The molecule has 0 aromatic heterocycles. The number of rotatable bonds is 6. The van der Waals surface area contributed by atoms with Gasteiger partial charge in [-0.25, -0.2) is 0 Å². The number of nitrogens with two attached hydrogens (primary N) is 1. The Morgan fingerprint density at radius 2 is 2.00 bits per heavy atom. The van der Waals surface area contributed by atoms with Crippen molar-refractivity contribution in [2.75, 3.05) is 11.5 Å². The summed E-state index contributed by atoms with van der Waals surface area (Å²) in [6, 6.07) is 0. The van der Waals surface area contributed by atoms with Crippen LogP contribution in [0.1, 0.15) is 33.6 Å². The third-order valence-corrected chi connectivity index (χ3v) is 3.14. The van der Waals surface area contributed by atoms with E-state index in [1.807, 2.05) is 25.6 Å². The summed E-state index contributed by atoms with van der Waals surface area (Å²) in [7, 11) is 0. The van der Waals surface area contributed by atoms with Crippen molar-refractivity contribution in [3.63, 3.8) is 0 Å². The van der Waals surface area contributed by atoms with Crippen molar-refractivity contribution in [3.8, 4) is 0 Å². The van der Waals surface area contributed by atoms with Crippen molar-refractivity contribution < 1.29 is 0 Å². The molecule has 0 atom stereocenters. The molecule has 0 saturated heterocycles. The molecule has 0 fully saturated rings. The van der Waals surface area contributed by atoms with Gasteiger partial charge in [-0.05, 0) is 24.3 Å². The highest BCUT2D eigenvalue weighted by atomic mass is 32.2. The van der Waals surface area contributed by atoms with Gasteiger partial charge in [0, 0.05) is 5.41 Å². The Kier molecular flexibility index (Phi) is 5.38. The van der Waals surface area contributed by atoms with Crippen LogP contribution < -0.4 is 5.73 Å². The standard InChI is InChI=1S/C9H20N2S/c1-4-6-12-7-5-9(2,3)8(10)11/h4-7H2,1-3H3,(H3,10,11). The molecule has 0 unspecified atom stereocenters. The molecule has 0 spiro atoms. The summed E-state index contributed by atoms with van der Waals surface area (Å²) in [5.74, 6) is 2.63. The van der Waals surface area contributed by atoms with E-state index in [0.717, 1.165) is 12.2 Å². The lowest BCUT2D eigenvalue weighted by atomic mass is 9.89. The van der Waals surface area contributed by atoms with Gasteiger partial charge in [0.05, 0.1) is 5.84 Å². The van der Waals surface area contributed by atoms with E-state index in [1.165, 1.54) is 12.2 Å². The first kappa shape index (κ1) is 11.8. The Morgan fingerprint density at radius 3 is 2.42 bits per heavy atom. The average molecular weight is 188 g/mol. The van der Waals surface area contributed by atoms with Crippen LogP contribution in [-0.2, 0) is 0 Å². The summed E-state index contributed by atoms with van der Waals surface area (Å²) in [5.41, 5.74) is 5.35. The number of amidine groups is 1. The van der Waals surface area contributed by atoms with Crippen LogP contribution in [-0.4, -0.2) is 17.3 Å². The van der Waals surface area contributed by atoms with Crippen LogP contribution in [0.5, 0.6) is 0 Å². The highest BCUT2D eigenvalue weighted by molar-refractivity contribution is 7.99. The van der Waals surface area contributed by atoms with Gasteiger partial charge in [-0.1, -0.05) is 20.8 Å². The van der Waals surface area contributed by atoms with Crippen molar-refractivity contribution in [3.05, 3.63) is 0 Å². The lowest BCUT2D eigenvalue weighted by Gasteiger charge is -2.22. The minimum Gasteiger partial charge on any atom is -0.387 e. The normalized spacial score (nSPS) is 11.6.